The lowest BCUT2D eigenvalue weighted by Crippen LogP contribution is -2.30. The lowest BCUT2D eigenvalue weighted by atomic mass is 10.2. The van der Waals surface area contributed by atoms with Gasteiger partial charge in [-0.1, -0.05) is 12.1 Å². The number of thiocarbonyl (C=S) groups is 1. The van der Waals surface area contributed by atoms with Gasteiger partial charge in [0.2, 0.25) is 0 Å². The van der Waals surface area contributed by atoms with Crippen LogP contribution in [0.5, 0.6) is 0 Å². The molecule has 2 N–H and O–H groups in total. The van der Waals surface area contributed by atoms with Crippen LogP contribution in [0.15, 0.2) is 30.3 Å². The first-order valence-corrected chi connectivity index (χ1v) is 10.4. The molecule has 11 heteroatoms. The van der Waals surface area contributed by atoms with Crippen LogP contribution in [0.25, 0.3) is 0 Å². The summed E-state index contributed by atoms with van der Waals surface area (Å²) < 4.78 is 54.5. The van der Waals surface area contributed by atoms with Crippen molar-refractivity contribution in [3.63, 3.8) is 0 Å². The van der Waals surface area contributed by atoms with E-state index in [0.717, 1.165) is 28.7 Å². The van der Waals surface area contributed by atoms with E-state index in [2.05, 4.69) is 20.8 Å². The molecule has 0 spiro atoms. The minimum Gasteiger partial charge on any atom is -0.362 e. The Morgan fingerprint density at radius 3 is 2.38 bits per heavy atom. The Labute approximate surface area is 188 Å². The molecule has 32 heavy (non-hydrogen) atoms. The molecule has 0 amide bonds. The highest BCUT2D eigenvalue weighted by Crippen LogP contribution is 2.28. The summed E-state index contributed by atoms with van der Waals surface area (Å²) >= 11 is 5.35. The van der Waals surface area contributed by atoms with Crippen molar-refractivity contribution in [1.82, 2.24) is 24.9 Å². The molecule has 0 aliphatic heterocycles. The Kier molecular flexibility index (Phi) is 7.17. The monoisotopic (exact) mass is 468 g/mol. The van der Waals surface area contributed by atoms with E-state index in [1.807, 2.05) is 18.5 Å². The Morgan fingerprint density at radius 1 is 1.06 bits per heavy atom. The number of hydrogen-bond donors (Lipinski definition) is 2. The SMILES string of the molecule is Cc1nn(Cc2ccc(F)cc2)c(C)c1NC(=S)NCCCn1nc(C(F)(F)F)cc1C. The van der Waals surface area contributed by atoms with Gasteiger partial charge in [-0.15, -0.1) is 0 Å². The average Bonchev–Trinajstić information content (AvgIpc) is 3.22. The summed E-state index contributed by atoms with van der Waals surface area (Å²) in [4.78, 5) is 0. The van der Waals surface area contributed by atoms with E-state index in [9.17, 15) is 17.6 Å². The van der Waals surface area contributed by atoms with Gasteiger partial charge in [-0.3, -0.25) is 9.36 Å². The molecule has 2 aromatic heterocycles. The van der Waals surface area contributed by atoms with Crippen molar-refractivity contribution in [3.8, 4) is 0 Å². The number of hydrogen-bond acceptors (Lipinski definition) is 3. The van der Waals surface area contributed by atoms with Crippen LogP contribution >= 0.6 is 12.2 Å². The fourth-order valence-electron chi connectivity index (χ4n) is 3.26. The first-order valence-electron chi connectivity index (χ1n) is 9.99. The summed E-state index contributed by atoms with van der Waals surface area (Å²) in [7, 11) is 0. The standard InChI is InChI=1S/C21H24F4N6S/c1-13-11-18(21(23,24)25)29-30(13)10-4-9-26-20(32)27-19-14(2)28-31(15(19)3)12-16-5-7-17(22)8-6-16/h5-8,11H,4,9-10,12H2,1-3H3,(H2,26,27,32). The maximum atomic E-state index is 13.1. The van der Waals surface area contributed by atoms with Crippen LogP contribution in [0.3, 0.4) is 0 Å². The molecule has 0 atom stereocenters. The number of benzene rings is 1. The summed E-state index contributed by atoms with van der Waals surface area (Å²) in [6.45, 7) is 6.67. The summed E-state index contributed by atoms with van der Waals surface area (Å²) in [6.07, 6.45) is -3.90. The Balaban J connectivity index is 1.51. The normalized spacial score (nSPS) is 11.6. The minimum absolute atomic E-state index is 0.288. The molecule has 0 aliphatic carbocycles. The van der Waals surface area contributed by atoms with Crippen LogP contribution in [0, 0.1) is 26.6 Å². The maximum Gasteiger partial charge on any atom is 0.435 e. The van der Waals surface area contributed by atoms with E-state index >= 15 is 0 Å². The molecule has 0 unspecified atom stereocenters. The van der Waals surface area contributed by atoms with Gasteiger partial charge < -0.3 is 10.6 Å². The van der Waals surface area contributed by atoms with E-state index in [1.54, 1.807) is 19.1 Å². The van der Waals surface area contributed by atoms with Crippen LogP contribution in [-0.4, -0.2) is 31.2 Å². The molecule has 0 aliphatic rings. The second-order valence-corrected chi connectivity index (χ2v) is 7.86. The fraction of sp³-hybridized carbons (Fsp3) is 0.381. The zero-order valence-electron chi connectivity index (χ0n) is 17.9. The van der Waals surface area contributed by atoms with E-state index < -0.39 is 11.9 Å². The highest BCUT2D eigenvalue weighted by Gasteiger charge is 2.34. The topological polar surface area (TPSA) is 59.7 Å². The zero-order chi connectivity index (χ0) is 23.5. The molecule has 0 saturated heterocycles. The van der Waals surface area contributed by atoms with E-state index in [-0.39, 0.29) is 5.82 Å². The summed E-state index contributed by atoms with van der Waals surface area (Å²) in [6, 6.07) is 7.28. The van der Waals surface area contributed by atoms with E-state index in [1.165, 1.54) is 16.8 Å². The third kappa shape index (κ3) is 5.84. The molecule has 0 fully saturated rings. The molecule has 3 rings (SSSR count). The lowest BCUT2D eigenvalue weighted by molar-refractivity contribution is -0.141. The average molecular weight is 469 g/mol. The van der Waals surface area contributed by atoms with Crippen molar-refractivity contribution >= 4 is 23.0 Å². The number of aryl methyl sites for hydroxylation is 3. The van der Waals surface area contributed by atoms with Crippen molar-refractivity contribution in [3.05, 3.63) is 64.5 Å². The zero-order valence-corrected chi connectivity index (χ0v) is 18.7. The highest BCUT2D eigenvalue weighted by molar-refractivity contribution is 7.80. The Morgan fingerprint density at radius 2 is 1.75 bits per heavy atom. The smallest absolute Gasteiger partial charge is 0.362 e. The molecule has 6 nitrogen and oxygen atoms in total. The lowest BCUT2D eigenvalue weighted by Gasteiger charge is -2.12. The Bertz CT molecular complexity index is 1090. The van der Waals surface area contributed by atoms with Crippen LogP contribution < -0.4 is 10.6 Å². The van der Waals surface area contributed by atoms with Gasteiger partial charge in [0.1, 0.15) is 5.82 Å². The van der Waals surface area contributed by atoms with Gasteiger partial charge >= 0.3 is 6.18 Å². The third-order valence-corrected chi connectivity index (χ3v) is 5.22. The van der Waals surface area contributed by atoms with E-state index in [4.69, 9.17) is 12.2 Å². The second kappa shape index (κ2) is 9.68. The van der Waals surface area contributed by atoms with Crippen LogP contribution in [-0.2, 0) is 19.3 Å². The molecule has 3 aromatic rings. The van der Waals surface area contributed by atoms with Crippen molar-refractivity contribution in [1.29, 1.82) is 0 Å². The largest absolute Gasteiger partial charge is 0.435 e. The van der Waals surface area contributed by atoms with Crippen molar-refractivity contribution in [2.24, 2.45) is 0 Å². The number of rotatable bonds is 7. The molecular weight excluding hydrogens is 444 g/mol. The van der Waals surface area contributed by atoms with Crippen molar-refractivity contribution in [2.75, 3.05) is 11.9 Å². The quantitative estimate of drug-likeness (QED) is 0.302. The molecule has 2 heterocycles. The fourth-order valence-corrected chi connectivity index (χ4v) is 3.46. The number of nitrogens with one attached hydrogen (secondary N) is 2. The molecule has 172 valence electrons. The van der Waals surface area contributed by atoms with Gasteiger partial charge in [-0.25, -0.2) is 4.39 Å². The predicted octanol–water partition coefficient (Wildman–Crippen LogP) is 4.59. The number of alkyl halides is 3. The molecule has 1 aromatic carbocycles. The summed E-state index contributed by atoms with van der Waals surface area (Å²) in [5, 5.41) is 14.7. The predicted molar refractivity (Wildman–Crippen MR) is 118 cm³/mol. The highest BCUT2D eigenvalue weighted by atomic mass is 32.1. The number of halogens is 4. The summed E-state index contributed by atoms with van der Waals surface area (Å²) in [5.41, 5.74) is 2.92. The van der Waals surface area contributed by atoms with Gasteiger partial charge in [0.15, 0.2) is 10.8 Å². The molecular formula is C21H24F4N6S. The third-order valence-electron chi connectivity index (χ3n) is 4.97. The van der Waals surface area contributed by atoms with Gasteiger partial charge in [0.05, 0.1) is 23.6 Å². The van der Waals surface area contributed by atoms with Gasteiger partial charge in [-0.05, 0) is 63.2 Å². The maximum absolute atomic E-state index is 13.1. The van der Waals surface area contributed by atoms with Gasteiger partial charge in [0.25, 0.3) is 0 Å². The van der Waals surface area contributed by atoms with E-state index in [0.29, 0.717) is 36.9 Å². The molecule has 0 saturated carbocycles. The van der Waals surface area contributed by atoms with Crippen molar-refractivity contribution in [2.45, 2.75) is 46.5 Å². The number of nitrogens with zero attached hydrogens (tertiary/aromatic N) is 4. The van der Waals surface area contributed by atoms with Crippen LogP contribution in [0.1, 0.15) is 34.8 Å². The van der Waals surface area contributed by atoms with Crippen LogP contribution in [0.2, 0.25) is 0 Å². The molecule has 0 bridgehead atoms. The second-order valence-electron chi connectivity index (χ2n) is 7.46. The van der Waals surface area contributed by atoms with Gasteiger partial charge in [0, 0.05) is 18.8 Å². The first kappa shape index (κ1) is 23.7. The molecule has 0 radical (unpaired) electrons. The van der Waals surface area contributed by atoms with Crippen molar-refractivity contribution < 1.29 is 17.6 Å². The van der Waals surface area contributed by atoms with Crippen LogP contribution in [0.4, 0.5) is 23.2 Å². The summed E-state index contributed by atoms with van der Waals surface area (Å²) in [5.74, 6) is -0.288. The Hall–Kier alpha value is -2.95. The number of anilines is 1. The minimum atomic E-state index is -4.45. The number of aromatic nitrogens is 4. The first-order chi connectivity index (χ1) is 15.0. The van der Waals surface area contributed by atoms with Gasteiger partial charge in [-0.2, -0.15) is 23.4 Å².